The van der Waals surface area contributed by atoms with E-state index in [2.05, 4.69) is 57.2 Å². The van der Waals surface area contributed by atoms with Crippen molar-refractivity contribution in [1.82, 2.24) is 5.32 Å². The number of hydrogen-bond donors (Lipinski definition) is 1. The average molecular weight is 221 g/mol. The molecule has 0 bridgehead atoms. The first-order chi connectivity index (χ1) is 7.74. The van der Waals surface area contributed by atoms with Gasteiger partial charge in [-0.15, -0.1) is 12.8 Å². The molecular weight excluding hydrogens is 194 g/mol. The lowest BCUT2D eigenvalue weighted by Gasteiger charge is -2.10. The molecule has 0 fully saturated rings. The Morgan fingerprint density at radius 3 is 2.31 bits per heavy atom. The molecule has 0 spiro atoms. The number of terminal acetylenes is 1. The van der Waals surface area contributed by atoms with E-state index in [1.165, 1.54) is 24.8 Å². The van der Waals surface area contributed by atoms with E-state index in [1.54, 1.807) is 0 Å². The summed E-state index contributed by atoms with van der Waals surface area (Å²) in [5.74, 6) is 0.822. The van der Waals surface area contributed by atoms with Gasteiger partial charge in [-0.3, -0.25) is 0 Å². The molecule has 1 heteroatoms. The molecule has 0 rings (SSSR count). The number of hydrogen-bond acceptors (Lipinski definition) is 1. The van der Waals surface area contributed by atoms with Crippen LogP contribution in [-0.4, -0.2) is 13.6 Å². The molecule has 1 unspecified atom stereocenters. The zero-order valence-corrected chi connectivity index (χ0v) is 11.3. The molecule has 1 atom stereocenters. The first-order valence-corrected chi connectivity index (χ1v) is 6.00. The Kier molecular flexibility index (Phi) is 15.2. The van der Waals surface area contributed by atoms with Gasteiger partial charge in [-0.25, -0.2) is 0 Å². The van der Waals surface area contributed by atoms with Gasteiger partial charge >= 0.3 is 0 Å². The van der Waals surface area contributed by atoms with E-state index >= 15 is 0 Å². The summed E-state index contributed by atoms with van der Waals surface area (Å²) in [6.45, 7) is 7.66. The van der Waals surface area contributed by atoms with Crippen LogP contribution in [0.2, 0.25) is 0 Å². The summed E-state index contributed by atoms with van der Waals surface area (Å²) in [5, 5.41) is 3.20. The molecule has 0 heterocycles. The molecule has 1 nitrogen and oxygen atoms in total. The van der Waals surface area contributed by atoms with Crippen molar-refractivity contribution in [2.45, 2.75) is 40.0 Å². The Labute approximate surface area is 102 Å². The van der Waals surface area contributed by atoms with E-state index in [4.69, 9.17) is 0 Å². The van der Waals surface area contributed by atoms with E-state index in [0.717, 1.165) is 12.5 Å². The van der Waals surface area contributed by atoms with Crippen LogP contribution in [0, 0.1) is 18.8 Å². The third-order valence-electron chi connectivity index (χ3n) is 2.56. The van der Waals surface area contributed by atoms with Gasteiger partial charge in [0.15, 0.2) is 0 Å². The first-order valence-electron chi connectivity index (χ1n) is 6.00. The highest BCUT2D eigenvalue weighted by atomic mass is 14.8. The smallest absolute Gasteiger partial charge is 0.00494 e. The van der Waals surface area contributed by atoms with E-state index in [-0.39, 0.29) is 0 Å². The molecule has 16 heavy (non-hydrogen) atoms. The van der Waals surface area contributed by atoms with Crippen LogP contribution in [0.3, 0.4) is 0 Å². The fourth-order valence-corrected chi connectivity index (χ4v) is 1.49. The van der Waals surface area contributed by atoms with Gasteiger partial charge in [0, 0.05) is 0 Å². The van der Waals surface area contributed by atoms with Crippen LogP contribution >= 0.6 is 0 Å². The molecule has 0 aromatic carbocycles. The maximum absolute atomic E-state index is 4.00. The summed E-state index contributed by atoms with van der Waals surface area (Å²) in [4.78, 5) is 0. The molecule has 0 radical (unpaired) electrons. The van der Waals surface area contributed by atoms with E-state index in [0.29, 0.717) is 0 Å². The lowest BCUT2D eigenvalue weighted by Crippen LogP contribution is -2.11. The number of allylic oxidation sites excluding steroid dienone is 4. The standard InChI is InChI=1S/C13H25N.C2H2/c1-5-7-13(6-2)9-8-12(3)10-11-14-4;1-2/h5-7,12,14H,8-11H2,1-4H3;1-2H/b7-5-,13-6+;. The minimum absolute atomic E-state index is 0.822. The second-order valence-corrected chi connectivity index (χ2v) is 3.90. The van der Waals surface area contributed by atoms with Gasteiger partial charge in [-0.05, 0) is 52.6 Å². The quantitative estimate of drug-likeness (QED) is 0.509. The molecule has 0 aliphatic heterocycles. The largest absolute Gasteiger partial charge is 0.320 e. The summed E-state index contributed by atoms with van der Waals surface area (Å²) in [6, 6.07) is 0. The highest BCUT2D eigenvalue weighted by molar-refractivity contribution is 5.16. The third-order valence-corrected chi connectivity index (χ3v) is 2.56. The minimum Gasteiger partial charge on any atom is -0.320 e. The van der Waals surface area contributed by atoms with Crippen LogP contribution in [-0.2, 0) is 0 Å². The first kappa shape index (κ1) is 17.4. The summed E-state index contributed by atoms with van der Waals surface area (Å²) < 4.78 is 0. The molecule has 0 aliphatic rings. The predicted octanol–water partition coefficient (Wildman–Crippen LogP) is 3.78. The van der Waals surface area contributed by atoms with Crippen molar-refractivity contribution in [1.29, 1.82) is 0 Å². The summed E-state index contributed by atoms with van der Waals surface area (Å²) >= 11 is 0. The van der Waals surface area contributed by atoms with Gasteiger partial charge in [0.25, 0.3) is 0 Å². The molecule has 0 aromatic rings. The van der Waals surface area contributed by atoms with Gasteiger partial charge in [-0.2, -0.15) is 0 Å². The van der Waals surface area contributed by atoms with Crippen molar-refractivity contribution in [2.75, 3.05) is 13.6 Å². The highest BCUT2D eigenvalue weighted by Gasteiger charge is 2.01. The Morgan fingerprint density at radius 1 is 1.25 bits per heavy atom. The molecule has 0 aliphatic carbocycles. The summed E-state index contributed by atoms with van der Waals surface area (Å²) in [5.41, 5.74) is 1.46. The fourth-order valence-electron chi connectivity index (χ4n) is 1.49. The highest BCUT2D eigenvalue weighted by Crippen LogP contribution is 2.15. The second-order valence-electron chi connectivity index (χ2n) is 3.90. The molecule has 0 saturated carbocycles. The van der Waals surface area contributed by atoms with Crippen LogP contribution < -0.4 is 5.32 Å². The lowest BCUT2D eigenvalue weighted by atomic mass is 9.98. The number of nitrogens with one attached hydrogen (secondary N) is 1. The normalized spacial score (nSPS) is 13.2. The fraction of sp³-hybridized carbons (Fsp3) is 0.600. The number of rotatable bonds is 7. The van der Waals surface area contributed by atoms with Crippen LogP contribution in [0.25, 0.3) is 0 Å². The molecule has 0 amide bonds. The molecule has 0 aromatic heterocycles. The van der Waals surface area contributed by atoms with E-state index < -0.39 is 0 Å². The molecular formula is C15H27N. The van der Waals surface area contributed by atoms with Crippen LogP contribution in [0.5, 0.6) is 0 Å². The van der Waals surface area contributed by atoms with Crippen LogP contribution in [0.4, 0.5) is 0 Å². The van der Waals surface area contributed by atoms with Gasteiger partial charge in [0.2, 0.25) is 0 Å². The van der Waals surface area contributed by atoms with Gasteiger partial charge in [0.05, 0.1) is 0 Å². The summed E-state index contributed by atoms with van der Waals surface area (Å²) in [6.07, 6.45) is 18.3. The molecule has 0 saturated heterocycles. The van der Waals surface area contributed by atoms with Crippen molar-refractivity contribution >= 4 is 0 Å². The monoisotopic (exact) mass is 221 g/mol. The Morgan fingerprint density at radius 2 is 1.88 bits per heavy atom. The van der Waals surface area contributed by atoms with Gasteiger partial charge in [0.1, 0.15) is 0 Å². The summed E-state index contributed by atoms with van der Waals surface area (Å²) in [7, 11) is 2.02. The van der Waals surface area contributed by atoms with Crippen LogP contribution in [0.15, 0.2) is 23.8 Å². The predicted molar refractivity (Wildman–Crippen MR) is 75.4 cm³/mol. The maximum Gasteiger partial charge on any atom is -0.00494 e. The Hall–Kier alpha value is -1.00. The SMILES string of the molecule is C#C.C/C=C\C(=C/C)CCC(C)CCNC. The second kappa shape index (κ2) is 14.0. The van der Waals surface area contributed by atoms with E-state index in [9.17, 15) is 0 Å². The maximum atomic E-state index is 4.00. The Bertz CT molecular complexity index is 211. The zero-order valence-electron chi connectivity index (χ0n) is 11.3. The van der Waals surface area contributed by atoms with Crippen molar-refractivity contribution < 1.29 is 0 Å². The van der Waals surface area contributed by atoms with Crippen molar-refractivity contribution in [3.05, 3.63) is 23.8 Å². The molecule has 92 valence electrons. The van der Waals surface area contributed by atoms with Crippen molar-refractivity contribution in [3.8, 4) is 12.8 Å². The topological polar surface area (TPSA) is 12.0 Å². The lowest BCUT2D eigenvalue weighted by molar-refractivity contribution is 0.482. The third kappa shape index (κ3) is 11.1. The minimum atomic E-state index is 0.822. The van der Waals surface area contributed by atoms with Crippen LogP contribution in [0.1, 0.15) is 40.0 Å². The molecule has 1 N–H and O–H groups in total. The average Bonchev–Trinajstić information content (AvgIpc) is 2.34. The van der Waals surface area contributed by atoms with Crippen molar-refractivity contribution in [2.24, 2.45) is 5.92 Å². The Balaban J connectivity index is 0. The van der Waals surface area contributed by atoms with E-state index in [1.807, 2.05) is 7.05 Å². The van der Waals surface area contributed by atoms with Gasteiger partial charge < -0.3 is 5.32 Å². The zero-order chi connectivity index (χ0) is 12.8. The van der Waals surface area contributed by atoms with Gasteiger partial charge in [-0.1, -0.05) is 30.7 Å². The van der Waals surface area contributed by atoms with Crippen molar-refractivity contribution in [3.63, 3.8) is 0 Å².